The predicted octanol–water partition coefficient (Wildman–Crippen LogP) is 1.13. The van der Waals surface area contributed by atoms with E-state index in [2.05, 4.69) is 16.6 Å². The van der Waals surface area contributed by atoms with E-state index >= 15 is 0 Å². The van der Waals surface area contributed by atoms with E-state index < -0.39 is 11.0 Å². The SMILES string of the molecule is C#CCNC(=O)C(C)NCc1cccc([N+](=O)[O-])c1C. The van der Waals surface area contributed by atoms with Crippen molar-refractivity contribution in [1.29, 1.82) is 0 Å². The molecule has 0 aliphatic carbocycles. The van der Waals surface area contributed by atoms with Gasteiger partial charge >= 0.3 is 0 Å². The number of terminal acetylenes is 1. The van der Waals surface area contributed by atoms with Crippen molar-refractivity contribution in [2.75, 3.05) is 6.54 Å². The molecule has 0 radical (unpaired) electrons. The van der Waals surface area contributed by atoms with Crippen LogP contribution in [0.3, 0.4) is 0 Å². The highest BCUT2D eigenvalue weighted by molar-refractivity contribution is 5.81. The first kappa shape index (κ1) is 15.7. The first-order chi connectivity index (χ1) is 9.47. The monoisotopic (exact) mass is 275 g/mol. The molecule has 1 rings (SSSR count). The van der Waals surface area contributed by atoms with Gasteiger partial charge in [-0.15, -0.1) is 6.42 Å². The molecule has 1 unspecified atom stereocenters. The molecule has 1 amide bonds. The first-order valence-electron chi connectivity index (χ1n) is 6.14. The lowest BCUT2D eigenvalue weighted by Gasteiger charge is -2.14. The molecule has 20 heavy (non-hydrogen) atoms. The molecule has 0 heterocycles. The molecule has 6 heteroatoms. The summed E-state index contributed by atoms with van der Waals surface area (Å²) in [7, 11) is 0. The third-order valence-electron chi connectivity index (χ3n) is 2.97. The normalized spacial score (nSPS) is 11.4. The fourth-order valence-corrected chi connectivity index (χ4v) is 1.71. The average Bonchev–Trinajstić information content (AvgIpc) is 2.42. The van der Waals surface area contributed by atoms with E-state index in [1.54, 1.807) is 26.0 Å². The molecule has 0 spiro atoms. The molecule has 2 N–H and O–H groups in total. The lowest BCUT2D eigenvalue weighted by molar-refractivity contribution is -0.385. The highest BCUT2D eigenvalue weighted by Gasteiger charge is 2.15. The Labute approximate surface area is 117 Å². The van der Waals surface area contributed by atoms with Gasteiger partial charge < -0.3 is 10.6 Å². The van der Waals surface area contributed by atoms with Crippen LogP contribution in [0.4, 0.5) is 5.69 Å². The molecule has 106 valence electrons. The molecule has 0 aromatic heterocycles. The van der Waals surface area contributed by atoms with Crippen molar-refractivity contribution in [2.45, 2.75) is 26.4 Å². The zero-order valence-electron chi connectivity index (χ0n) is 11.5. The number of nitrogens with zero attached hydrogens (tertiary/aromatic N) is 1. The summed E-state index contributed by atoms with van der Waals surface area (Å²) >= 11 is 0. The molecule has 0 saturated heterocycles. The van der Waals surface area contributed by atoms with Gasteiger partial charge in [-0.2, -0.15) is 0 Å². The van der Waals surface area contributed by atoms with Crippen molar-refractivity contribution in [3.8, 4) is 12.3 Å². The minimum atomic E-state index is -0.429. The zero-order chi connectivity index (χ0) is 15.1. The molecule has 1 aromatic carbocycles. The van der Waals surface area contributed by atoms with E-state index in [4.69, 9.17) is 6.42 Å². The van der Waals surface area contributed by atoms with Crippen LogP contribution in [0.5, 0.6) is 0 Å². The number of nitro benzene ring substituents is 1. The van der Waals surface area contributed by atoms with Crippen LogP contribution in [-0.2, 0) is 11.3 Å². The minimum absolute atomic E-state index is 0.0775. The zero-order valence-corrected chi connectivity index (χ0v) is 11.5. The molecular weight excluding hydrogens is 258 g/mol. The van der Waals surface area contributed by atoms with Crippen molar-refractivity contribution < 1.29 is 9.72 Å². The number of benzene rings is 1. The summed E-state index contributed by atoms with van der Waals surface area (Å²) in [4.78, 5) is 22.0. The van der Waals surface area contributed by atoms with Gasteiger partial charge in [-0.1, -0.05) is 18.1 Å². The lowest BCUT2D eigenvalue weighted by atomic mass is 10.1. The van der Waals surface area contributed by atoms with Crippen molar-refractivity contribution >= 4 is 11.6 Å². The van der Waals surface area contributed by atoms with Gasteiger partial charge in [0.05, 0.1) is 17.5 Å². The number of carbonyl (C=O) groups excluding carboxylic acids is 1. The van der Waals surface area contributed by atoms with Crippen LogP contribution in [0.25, 0.3) is 0 Å². The standard InChI is InChI=1S/C14H17N3O3/c1-4-8-15-14(18)11(3)16-9-12-6-5-7-13(10(12)2)17(19)20/h1,5-7,11,16H,8-9H2,2-3H3,(H,15,18). The molecule has 1 atom stereocenters. The van der Waals surface area contributed by atoms with Crippen LogP contribution in [0.2, 0.25) is 0 Å². The van der Waals surface area contributed by atoms with Gasteiger partial charge in [0.2, 0.25) is 5.91 Å². The van der Waals surface area contributed by atoms with E-state index in [-0.39, 0.29) is 18.1 Å². The van der Waals surface area contributed by atoms with Crippen molar-refractivity contribution in [2.24, 2.45) is 0 Å². The Balaban J connectivity index is 2.67. The number of amides is 1. The number of hydrogen-bond donors (Lipinski definition) is 2. The average molecular weight is 275 g/mol. The molecule has 6 nitrogen and oxygen atoms in total. The third kappa shape index (κ3) is 4.07. The van der Waals surface area contributed by atoms with E-state index in [1.807, 2.05) is 0 Å². The summed E-state index contributed by atoms with van der Waals surface area (Å²) in [5.74, 6) is 2.12. The second-order valence-electron chi connectivity index (χ2n) is 4.34. The highest BCUT2D eigenvalue weighted by atomic mass is 16.6. The van der Waals surface area contributed by atoms with Crippen LogP contribution in [-0.4, -0.2) is 23.4 Å². The number of nitro groups is 1. The summed E-state index contributed by atoms with van der Waals surface area (Å²) in [6.45, 7) is 3.95. The van der Waals surface area contributed by atoms with Crippen LogP contribution < -0.4 is 10.6 Å². The Morgan fingerprint density at radius 1 is 1.55 bits per heavy atom. The van der Waals surface area contributed by atoms with E-state index in [0.29, 0.717) is 12.1 Å². The molecular formula is C14H17N3O3. The number of rotatable bonds is 6. The van der Waals surface area contributed by atoms with Crippen LogP contribution in [0, 0.1) is 29.4 Å². The summed E-state index contributed by atoms with van der Waals surface area (Å²) in [6, 6.07) is 4.45. The topological polar surface area (TPSA) is 84.3 Å². The van der Waals surface area contributed by atoms with Gasteiger partial charge in [0.1, 0.15) is 0 Å². The van der Waals surface area contributed by atoms with Gasteiger partial charge in [-0.25, -0.2) is 0 Å². The summed E-state index contributed by atoms with van der Waals surface area (Å²) in [5, 5.41) is 16.4. The van der Waals surface area contributed by atoms with Crippen LogP contribution in [0.1, 0.15) is 18.1 Å². The Bertz CT molecular complexity index is 549. The highest BCUT2D eigenvalue weighted by Crippen LogP contribution is 2.20. The first-order valence-corrected chi connectivity index (χ1v) is 6.14. The quantitative estimate of drug-likeness (QED) is 0.463. The Morgan fingerprint density at radius 3 is 2.85 bits per heavy atom. The Kier molecular flexibility index (Phi) is 5.69. The number of carbonyl (C=O) groups is 1. The van der Waals surface area contributed by atoms with E-state index in [0.717, 1.165) is 5.56 Å². The fraction of sp³-hybridized carbons (Fsp3) is 0.357. The maximum Gasteiger partial charge on any atom is 0.272 e. The largest absolute Gasteiger partial charge is 0.344 e. The summed E-state index contributed by atoms with van der Waals surface area (Å²) < 4.78 is 0. The van der Waals surface area contributed by atoms with Gasteiger partial charge in [0.25, 0.3) is 5.69 Å². The second-order valence-corrected chi connectivity index (χ2v) is 4.34. The van der Waals surface area contributed by atoms with E-state index in [9.17, 15) is 14.9 Å². The summed E-state index contributed by atoms with van der Waals surface area (Å²) in [6.07, 6.45) is 5.06. The second kappa shape index (κ2) is 7.26. The lowest BCUT2D eigenvalue weighted by Crippen LogP contribution is -2.42. The maximum atomic E-state index is 11.6. The van der Waals surface area contributed by atoms with Gasteiger partial charge in [-0.3, -0.25) is 14.9 Å². The van der Waals surface area contributed by atoms with Crippen LogP contribution >= 0.6 is 0 Å². The third-order valence-corrected chi connectivity index (χ3v) is 2.97. The number of nitrogens with one attached hydrogen (secondary N) is 2. The molecule has 0 fully saturated rings. The maximum absolute atomic E-state index is 11.6. The van der Waals surface area contributed by atoms with Crippen molar-refractivity contribution in [3.63, 3.8) is 0 Å². The van der Waals surface area contributed by atoms with Crippen LogP contribution in [0.15, 0.2) is 18.2 Å². The number of hydrogen-bond acceptors (Lipinski definition) is 4. The van der Waals surface area contributed by atoms with Gasteiger partial charge in [0.15, 0.2) is 0 Å². The fourth-order valence-electron chi connectivity index (χ4n) is 1.71. The van der Waals surface area contributed by atoms with Gasteiger partial charge in [-0.05, 0) is 19.4 Å². The Morgan fingerprint density at radius 2 is 2.25 bits per heavy atom. The van der Waals surface area contributed by atoms with Gasteiger partial charge in [0, 0.05) is 18.2 Å². The minimum Gasteiger partial charge on any atom is -0.344 e. The molecule has 1 aromatic rings. The molecule has 0 saturated carbocycles. The smallest absolute Gasteiger partial charge is 0.272 e. The Hall–Kier alpha value is -2.39. The predicted molar refractivity (Wildman–Crippen MR) is 76.0 cm³/mol. The summed E-state index contributed by atoms with van der Waals surface area (Å²) in [5.41, 5.74) is 1.46. The molecule has 0 aliphatic rings. The van der Waals surface area contributed by atoms with Crippen molar-refractivity contribution in [3.05, 3.63) is 39.4 Å². The van der Waals surface area contributed by atoms with Crippen molar-refractivity contribution in [1.82, 2.24) is 10.6 Å². The van der Waals surface area contributed by atoms with E-state index in [1.165, 1.54) is 6.07 Å². The molecule has 0 bridgehead atoms. The molecule has 0 aliphatic heterocycles.